The number of hydrogen-bond acceptors (Lipinski definition) is 0. The van der Waals surface area contributed by atoms with Gasteiger partial charge in [-0.1, -0.05) is 54.0 Å². The van der Waals surface area contributed by atoms with Crippen molar-refractivity contribution in [3.63, 3.8) is 0 Å². The van der Waals surface area contributed by atoms with Gasteiger partial charge < -0.3 is 5.32 Å². The molecule has 0 fully saturated rings. The number of hydrogen-bond donors (Lipinski definition) is 0. The van der Waals surface area contributed by atoms with Crippen molar-refractivity contribution >= 4 is 36.7 Å². The SMILES string of the molecule is CC1=C(C)C(C)C([N-]c2ccccc2)=C1C.C[Si](C)=[Ti+].Cl.Cl. The first-order valence-electron chi connectivity index (χ1n) is 7.01. The molecule has 1 atom stereocenters. The Morgan fingerprint density at radius 3 is 1.77 bits per heavy atom. The smallest absolute Gasteiger partial charge is 0.147 e. The molecule has 0 spiro atoms. The summed E-state index contributed by atoms with van der Waals surface area (Å²) in [7, 11) is 0. The fraction of sp³-hybridized carbons (Fsp3) is 0.412. The molecule has 1 aromatic rings. The maximum atomic E-state index is 4.76. The first-order chi connectivity index (χ1) is 9.34. The van der Waals surface area contributed by atoms with Gasteiger partial charge in [-0.25, -0.2) is 0 Å². The van der Waals surface area contributed by atoms with Crippen LogP contribution in [0.3, 0.4) is 0 Å². The molecule has 0 bridgehead atoms. The van der Waals surface area contributed by atoms with E-state index in [1.54, 1.807) is 0 Å². The van der Waals surface area contributed by atoms with Gasteiger partial charge in [0.05, 0.1) is 0 Å². The minimum absolute atomic E-state index is 0. The zero-order chi connectivity index (χ0) is 15.3. The molecule has 0 radical (unpaired) electrons. The molecule has 1 nitrogen and oxygen atoms in total. The molecular formula is C17H26Cl2NSiTi. The molecule has 0 N–H and O–H groups in total. The van der Waals surface area contributed by atoms with Crippen LogP contribution in [0.15, 0.2) is 52.7 Å². The monoisotopic (exact) mass is 390 g/mol. The number of halogens is 2. The third kappa shape index (κ3) is 7.06. The van der Waals surface area contributed by atoms with Crippen molar-refractivity contribution in [3.8, 4) is 0 Å². The van der Waals surface area contributed by atoms with E-state index in [2.05, 4.69) is 72.1 Å². The Bertz CT molecular complexity index is 549. The van der Waals surface area contributed by atoms with Crippen LogP contribution in [0.4, 0.5) is 5.69 Å². The summed E-state index contributed by atoms with van der Waals surface area (Å²) in [5.41, 5.74) is 6.47. The molecular weight excluding hydrogens is 365 g/mol. The zero-order valence-corrected chi connectivity index (χ0v) is 18.4. The van der Waals surface area contributed by atoms with Crippen molar-refractivity contribution in [3.05, 3.63) is 58.1 Å². The Balaban J connectivity index is 0. The second kappa shape index (κ2) is 11.5. The number of para-hydroxylation sites is 1. The second-order valence-electron chi connectivity index (χ2n) is 5.49. The molecule has 2 rings (SSSR count). The summed E-state index contributed by atoms with van der Waals surface area (Å²) in [6.07, 6.45) is 0.120. The fourth-order valence-electron chi connectivity index (χ4n) is 2.16. The Morgan fingerprint density at radius 2 is 1.41 bits per heavy atom. The molecule has 1 aliphatic carbocycles. The Morgan fingerprint density at radius 1 is 0.955 bits per heavy atom. The minimum atomic E-state index is 0. The van der Waals surface area contributed by atoms with Crippen LogP contribution in [0.1, 0.15) is 27.7 Å². The Hall–Kier alpha value is 0.0112. The number of rotatable bonds is 2. The minimum Gasteiger partial charge on any atom is -0.147 e. The van der Waals surface area contributed by atoms with E-state index in [9.17, 15) is 0 Å². The Kier molecular flexibility index (Phi) is 12.7. The summed E-state index contributed by atoms with van der Waals surface area (Å²) < 4.78 is 0. The molecule has 0 saturated carbocycles. The summed E-state index contributed by atoms with van der Waals surface area (Å²) in [5.74, 6) is 0.459. The van der Waals surface area contributed by atoms with Crippen molar-refractivity contribution in [1.29, 1.82) is 0 Å². The van der Waals surface area contributed by atoms with Gasteiger partial charge in [0.25, 0.3) is 0 Å². The summed E-state index contributed by atoms with van der Waals surface area (Å²) >= 11 is 2.27. The standard InChI is InChI=1S/C15H18N.C2H6Si.2ClH.Ti/c1-10-11(2)13(4)15(12(10)3)16-14-8-6-5-7-9-14;1-3-2;;;/h5-9,12H,1-4H3;1-2H3;2*1H;/q-1;;;;+1. The van der Waals surface area contributed by atoms with Crippen molar-refractivity contribution in [2.24, 2.45) is 5.92 Å². The third-order valence-electron chi connectivity index (χ3n) is 3.60. The van der Waals surface area contributed by atoms with Crippen molar-refractivity contribution in [2.45, 2.75) is 40.8 Å². The second-order valence-corrected chi connectivity index (χ2v) is 12.2. The molecule has 0 amide bonds. The molecule has 0 saturated heterocycles. The molecule has 0 aromatic heterocycles. The topological polar surface area (TPSA) is 14.1 Å². The van der Waals surface area contributed by atoms with Gasteiger partial charge in [-0.2, -0.15) is 0 Å². The van der Waals surface area contributed by atoms with Crippen LogP contribution in [0.25, 0.3) is 5.32 Å². The quantitative estimate of drug-likeness (QED) is 0.506. The number of benzene rings is 1. The van der Waals surface area contributed by atoms with E-state index in [1.807, 2.05) is 18.2 Å². The number of allylic oxidation sites excluding steroid dienone is 3. The molecule has 5 heteroatoms. The fourth-order valence-corrected chi connectivity index (χ4v) is 2.16. The predicted molar refractivity (Wildman–Crippen MR) is 102 cm³/mol. The van der Waals surface area contributed by atoms with Gasteiger partial charge in [0.15, 0.2) is 0 Å². The van der Waals surface area contributed by atoms with Crippen LogP contribution in [0.5, 0.6) is 0 Å². The van der Waals surface area contributed by atoms with E-state index in [4.69, 9.17) is 5.32 Å². The average molecular weight is 391 g/mol. The van der Waals surface area contributed by atoms with Crippen LogP contribution in [0.2, 0.25) is 13.1 Å². The van der Waals surface area contributed by atoms with Crippen LogP contribution in [-0.2, 0) is 19.2 Å². The van der Waals surface area contributed by atoms with Crippen LogP contribution in [0, 0.1) is 5.92 Å². The summed E-state index contributed by atoms with van der Waals surface area (Å²) in [6.45, 7) is 13.3. The molecule has 1 aliphatic rings. The van der Waals surface area contributed by atoms with E-state index in [0.717, 1.165) is 5.69 Å². The average Bonchev–Trinajstić information content (AvgIpc) is 2.57. The molecule has 0 aliphatic heterocycles. The third-order valence-corrected chi connectivity index (χ3v) is 3.60. The van der Waals surface area contributed by atoms with Crippen molar-refractivity contribution in [1.82, 2.24) is 0 Å². The molecule has 0 heterocycles. The normalized spacial score (nSPS) is 16.3. The Labute approximate surface area is 160 Å². The first-order valence-corrected chi connectivity index (χ1v) is 11.9. The van der Waals surface area contributed by atoms with Gasteiger partial charge in [-0.15, -0.1) is 36.2 Å². The van der Waals surface area contributed by atoms with Crippen molar-refractivity contribution < 1.29 is 19.2 Å². The van der Waals surface area contributed by atoms with Gasteiger partial charge in [-0.3, -0.25) is 0 Å². The van der Waals surface area contributed by atoms with Gasteiger partial charge in [0, 0.05) is 0 Å². The molecule has 121 valence electrons. The van der Waals surface area contributed by atoms with Crippen LogP contribution < -0.4 is 0 Å². The van der Waals surface area contributed by atoms with Gasteiger partial charge in [0.1, 0.15) is 0 Å². The summed E-state index contributed by atoms with van der Waals surface area (Å²) in [5, 5.41) is 4.76. The van der Waals surface area contributed by atoms with Crippen molar-refractivity contribution in [2.75, 3.05) is 0 Å². The number of nitrogens with zero attached hydrogens (tertiary/aromatic N) is 1. The summed E-state index contributed by atoms with van der Waals surface area (Å²) in [4.78, 5) is 0. The maximum Gasteiger partial charge on any atom is -0.147 e. The molecule has 22 heavy (non-hydrogen) atoms. The van der Waals surface area contributed by atoms with E-state index in [-0.39, 0.29) is 31.0 Å². The molecule has 1 unspecified atom stereocenters. The van der Waals surface area contributed by atoms with E-state index in [0.29, 0.717) is 5.92 Å². The predicted octanol–water partition coefficient (Wildman–Crippen LogP) is 6.58. The summed E-state index contributed by atoms with van der Waals surface area (Å²) in [6, 6.07) is 10.2. The van der Waals surface area contributed by atoms with E-state index in [1.165, 1.54) is 22.4 Å². The van der Waals surface area contributed by atoms with Gasteiger partial charge in [-0.05, 0) is 26.7 Å². The molecule has 1 aromatic carbocycles. The first kappa shape index (κ1) is 24.3. The van der Waals surface area contributed by atoms with E-state index >= 15 is 0 Å². The largest absolute Gasteiger partial charge is 0.147 e. The van der Waals surface area contributed by atoms with Crippen LogP contribution >= 0.6 is 24.8 Å². The van der Waals surface area contributed by atoms with Crippen LogP contribution in [-0.4, -0.2) is 6.19 Å². The van der Waals surface area contributed by atoms with Gasteiger partial charge >= 0.3 is 38.5 Å². The maximum absolute atomic E-state index is 4.76. The van der Waals surface area contributed by atoms with Gasteiger partial charge in [0.2, 0.25) is 0 Å². The van der Waals surface area contributed by atoms with E-state index < -0.39 is 0 Å². The zero-order valence-electron chi connectivity index (χ0n) is 14.2.